The maximum atomic E-state index is 11.7. The van der Waals surface area contributed by atoms with Crippen LogP contribution in [0.5, 0.6) is 0 Å². The third kappa shape index (κ3) is 1.23. The van der Waals surface area contributed by atoms with Gasteiger partial charge in [0.1, 0.15) is 4.58 Å². The Morgan fingerprint density at radius 1 is 1.46 bits per heavy atom. The number of rotatable bonds is 0. The van der Waals surface area contributed by atoms with Crippen LogP contribution in [0.4, 0.5) is 0 Å². The molecule has 0 saturated carbocycles. The minimum absolute atomic E-state index is 0.414. The van der Waals surface area contributed by atoms with Gasteiger partial charge in [-0.1, -0.05) is 17.8 Å². The summed E-state index contributed by atoms with van der Waals surface area (Å²) in [5.74, 6) is 0. The SMILES string of the molecule is CC1=CC=C2C=C(N)SC2S1(=O)=O. The van der Waals surface area contributed by atoms with E-state index in [0.717, 1.165) is 5.57 Å². The Balaban J connectivity index is 2.55. The lowest BCUT2D eigenvalue weighted by atomic mass is 10.2. The van der Waals surface area contributed by atoms with Crippen molar-refractivity contribution in [2.75, 3.05) is 0 Å². The first kappa shape index (κ1) is 8.90. The third-order valence-corrected chi connectivity index (χ3v) is 5.86. The Labute approximate surface area is 81.3 Å². The summed E-state index contributed by atoms with van der Waals surface area (Å²) in [5, 5.41) is 0.572. The predicted octanol–water partition coefficient (Wildman–Crippen LogP) is 1.12. The van der Waals surface area contributed by atoms with E-state index in [1.54, 1.807) is 19.1 Å². The first-order valence-electron chi connectivity index (χ1n) is 3.78. The van der Waals surface area contributed by atoms with Crippen LogP contribution in [0.15, 0.2) is 33.7 Å². The summed E-state index contributed by atoms with van der Waals surface area (Å²) >= 11 is 1.20. The smallest absolute Gasteiger partial charge is 0.191 e. The van der Waals surface area contributed by atoms with Crippen LogP contribution in [0.1, 0.15) is 6.92 Å². The zero-order valence-corrected chi connectivity index (χ0v) is 8.65. The molecule has 2 N–H and O–H groups in total. The van der Waals surface area contributed by atoms with E-state index in [0.29, 0.717) is 9.93 Å². The highest BCUT2D eigenvalue weighted by Crippen LogP contribution is 2.41. The molecular weight excluding hydrogens is 206 g/mol. The second kappa shape index (κ2) is 2.65. The van der Waals surface area contributed by atoms with Crippen molar-refractivity contribution in [1.29, 1.82) is 0 Å². The lowest BCUT2D eigenvalue weighted by molar-refractivity contribution is 0.602. The first-order valence-corrected chi connectivity index (χ1v) is 6.20. The van der Waals surface area contributed by atoms with E-state index in [-0.39, 0.29) is 0 Å². The number of sulfone groups is 1. The monoisotopic (exact) mass is 215 g/mol. The summed E-state index contributed by atoms with van der Waals surface area (Å²) in [6.45, 7) is 1.61. The van der Waals surface area contributed by atoms with Gasteiger partial charge in [-0.15, -0.1) is 0 Å². The molecule has 0 bridgehead atoms. The molecule has 5 heteroatoms. The highest BCUT2D eigenvalue weighted by Gasteiger charge is 2.36. The number of hydrogen-bond donors (Lipinski definition) is 1. The van der Waals surface area contributed by atoms with Gasteiger partial charge in [0.25, 0.3) is 0 Å². The Hall–Kier alpha value is -0.680. The molecule has 2 heterocycles. The maximum absolute atomic E-state index is 11.7. The average molecular weight is 215 g/mol. The van der Waals surface area contributed by atoms with Crippen LogP contribution in [0.2, 0.25) is 0 Å². The minimum atomic E-state index is -3.15. The molecule has 2 rings (SSSR count). The van der Waals surface area contributed by atoms with Gasteiger partial charge in [-0.05, 0) is 24.6 Å². The van der Waals surface area contributed by atoms with Crippen LogP contribution in [-0.2, 0) is 9.84 Å². The summed E-state index contributed by atoms with van der Waals surface area (Å²) < 4.78 is 22.9. The Bertz CT molecular complexity index is 443. The van der Waals surface area contributed by atoms with Crippen molar-refractivity contribution in [2.45, 2.75) is 11.5 Å². The zero-order valence-electron chi connectivity index (χ0n) is 7.02. The molecule has 0 saturated heterocycles. The van der Waals surface area contributed by atoms with Crippen molar-refractivity contribution in [3.63, 3.8) is 0 Å². The molecule has 2 aliphatic rings. The molecule has 0 aliphatic carbocycles. The zero-order chi connectivity index (χ0) is 9.64. The number of nitrogens with two attached hydrogens (primary N) is 1. The molecule has 0 radical (unpaired) electrons. The summed E-state index contributed by atoms with van der Waals surface area (Å²) in [4.78, 5) is 0.414. The quantitative estimate of drug-likeness (QED) is 0.657. The summed E-state index contributed by atoms with van der Waals surface area (Å²) in [6, 6.07) is 0. The van der Waals surface area contributed by atoms with E-state index >= 15 is 0 Å². The van der Waals surface area contributed by atoms with Crippen LogP contribution >= 0.6 is 11.8 Å². The molecule has 0 aromatic carbocycles. The Morgan fingerprint density at radius 3 is 2.85 bits per heavy atom. The molecule has 1 unspecified atom stereocenters. The molecule has 0 amide bonds. The molecule has 0 aromatic heterocycles. The van der Waals surface area contributed by atoms with Gasteiger partial charge in [-0.2, -0.15) is 0 Å². The second-order valence-electron chi connectivity index (χ2n) is 2.99. The van der Waals surface area contributed by atoms with Gasteiger partial charge >= 0.3 is 0 Å². The van der Waals surface area contributed by atoms with E-state index in [9.17, 15) is 8.42 Å². The van der Waals surface area contributed by atoms with Gasteiger partial charge in [0.15, 0.2) is 9.84 Å². The second-order valence-corrected chi connectivity index (χ2v) is 6.67. The van der Waals surface area contributed by atoms with Crippen LogP contribution in [0.25, 0.3) is 0 Å². The lowest BCUT2D eigenvalue weighted by Crippen LogP contribution is -2.20. The van der Waals surface area contributed by atoms with Crippen molar-refractivity contribution in [1.82, 2.24) is 0 Å². The van der Waals surface area contributed by atoms with Gasteiger partial charge in [-0.25, -0.2) is 8.42 Å². The number of thioether (sulfide) groups is 1. The highest BCUT2D eigenvalue weighted by molar-refractivity contribution is 8.17. The fourth-order valence-electron chi connectivity index (χ4n) is 1.30. The van der Waals surface area contributed by atoms with Crippen LogP contribution < -0.4 is 5.73 Å². The maximum Gasteiger partial charge on any atom is 0.191 e. The highest BCUT2D eigenvalue weighted by atomic mass is 32.3. The van der Waals surface area contributed by atoms with Crippen molar-refractivity contribution >= 4 is 21.6 Å². The molecule has 0 spiro atoms. The largest absolute Gasteiger partial charge is 0.393 e. The minimum Gasteiger partial charge on any atom is -0.393 e. The van der Waals surface area contributed by atoms with Crippen LogP contribution in [0, 0.1) is 0 Å². The Morgan fingerprint density at radius 2 is 2.15 bits per heavy atom. The van der Waals surface area contributed by atoms with Crippen molar-refractivity contribution in [3.05, 3.63) is 33.7 Å². The van der Waals surface area contributed by atoms with E-state index < -0.39 is 14.4 Å². The molecule has 3 nitrogen and oxygen atoms in total. The van der Waals surface area contributed by atoms with Gasteiger partial charge in [-0.3, -0.25) is 0 Å². The fraction of sp³-hybridized carbons (Fsp3) is 0.250. The van der Waals surface area contributed by atoms with Crippen LogP contribution in [-0.4, -0.2) is 13.0 Å². The average Bonchev–Trinajstić information content (AvgIpc) is 2.41. The molecular formula is C8H9NO2S2. The molecule has 70 valence electrons. The molecule has 0 fully saturated rings. The summed E-state index contributed by atoms with van der Waals surface area (Å²) in [7, 11) is -3.15. The molecule has 0 aromatic rings. The third-order valence-electron chi connectivity index (χ3n) is 2.07. The van der Waals surface area contributed by atoms with Gasteiger partial charge in [0, 0.05) is 4.91 Å². The van der Waals surface area contributed by atoms with E-state index in [4.69, 9.17) is 5.73 Å². The van der Waals surface area contributed by atoms with E-state index in [2.05, 4.69) is 0 Å². The topological polar surface area (TPSA) is 60.2 Å². The van der Waals surface area contributed by atoms with Gasteiger partial charge in [0.2, 0.25) is 0 Å². The lowest BCUT2D eigenvalue weighted by Gasteiger charge is -2.16. The van der Waals surface area contributed by atoms with Gasteiger partial charge in [0.05, 0.1) is 5.03 Å². The molecule has 1 atom stereocenters. The number of fused-ring (bicyclic) bond motifs is 1. The van der Waals surface area contributed by atoms with Crippen LogP contribution in [0.3, 0.4) is 0 Å². The van der Waals surface area contributed by atoms with Crippen molar-refractivity contribution in [2.24, 2.45) is 5.73 Å². The number of allylic oxidation sites excluding steroid dienone is 4. The molecule has 2 aliphatic heterocycles. The summed E-state index contributed by atoms with van der Waals surface area (Å²) in [6.07, 6.45) is 5.15. The Kier molecular flexibility index (Phi) is 1.82. The van der Waals surface area contributed by atoms with E-state index in [1.807, 2.05) is 6.08 Å². The number of hydrogen-bond acceptors (Lipinski definition) is 4. The van der Waals surface area contributed by atoms with Crippen molar-refractivity contribution in [3.8, 4) is 0 Å². The van der Waals surface area contributed by atoms with E-state index in [1.165, 1.54) is 11.8 Å². The summed E-state index contributed by atoms with van der Waals surface area (Å²) in [5.41, 5.74) is 6.34. The van der Waals surface area contributed by atoms with Gasteiger partial charge < -0.3 is 5.73 Å². The fourth-order valence-corrected chi connectivity index (χ4v) is 4.43. The standard InChI is InChI=1S/C8H9NO2S2/c1-5-2-3-6-4-7(9)12-8(6)13(5,10)11/h2-4,8H,9H2,1H3. The normalized spacial score (nSPS) is 30.2. The predicted molar refractivity (Wildman–Crippen MR) is 54.4 cm³/mol. The first-order chi connectivity index (χ1) is 6.01. The molecule has 13 heavy (non-hydrogen) atoms. The van der Waals surface area contributed by atoms with Crippen molar-refractivity contribution < 1.29 is 8.42 Å².